The lowest BCUT2D eigenvalue weighted by molar-refractivity contribution is 0.236. The zero-order valence-electron chi connectivity index (χ0n) is 13.7. The molecule has 0 spiro atoms. The highest BCUT2D eigenvalue weighted by atomic mass is 15.1. The van der Waals surface area contributed by atoms with Crippen molar-refractivity contribution in [1.29, 1.82) is 0 Å². The lowest BCUT2D eigenvalue weighted by atomic mass is 9.83. The molecular formula is C17H34N2. The van der Waals surface area contributed by atoms with Crippen molar-refractivity contribution in [3.8, 4) is 0 Å². The Morgan fingerprint density at radius 2 is 1.95 bits per heavy atom. The van der Waals surface area contributed by atoms with Crippen LogP contribution in [0.3, 0.4) is 0 Å². The molecule has 1 aliphatic rings. The third kappa shape index (κ3) is 6.58. The second-order valence-corrected chi connectivity index (χ2v) is 7.50. The smallest absolute Gasteiger partial charge is 0.0166 e. The Bertz CT molecular complexity index is 286. The molecule has 0 aromatic carbocycles. The minimum Gasteiger partial charge on any atom is -0.328 e. The molecule has 0 radical (unpaired) electrons. The maximum absolute atomic E-state index is 5.80. The van der Waals surface area contributed by atoms with Crippen molar-refractivity contribution in [3.05, 3.63) is 11.6 Å². The summed E-state index contributed by atoms with van der Waals surface area (Å²) >= 11 is 0. The summed E-state index contributed by atoms with van der Waals surface area (Å²) in [5.74, 6) is 0.795. The number of rotatable bonds is 6. The first-order chi connectivity index (χ1) is 8.79. The van der Waals surface area contributed by atoms with Crippen molar-refractivity contribution in [1.82, 2.24) is 4.90 Å². The largest absolute Gasteiger partial charge is 0.328 e. The monoisotopic (exact) mass is 266 g/mol. The van der Waals surface area contributed by atoms with E-state index < -0.39 is 0 Å². The van der Waals surface area contributed by atoms with Crippen molar-refractivity contribution >= 4 is 0 Å². The molecule has 2 nitrogen and oxygen atoms in total. The Labute approximate surface area is 120 Å². The van der Waals surface area contributed by atoms with E-state index in [1.165, 1.54) is 38.8 Å². The topological polar surface area (TPSA) is 29.3 Å². The van der Waals surface area contributed by atoms with Crippen molar-refractivity contribution in [2.24, 2.45) is 17.1 Å². The van der Waals surface area contributed by atoms with Crippen LogP contribution >= 0.6 is 0 Å². The van der Waals surface area contributed by atoms with E-state index in [9.17, 15) is 0 Å². The molecule has 0 saturated heterocycles. The van der Waals surface area contributed by atoms with Crippen LogP contribution in [0.25, 0.3) is 0 Å². The predicted molar refractivity (Wildman–Crippen MR) is 85.3 cm³/mol. The van der Waals surface area contributed by atoms with Crippen LogP contribution in [0.4, 0.5) is 0 Å². The molecular weight excluding hydrogens is 232 g/mol. The highest BCUT2D eigenvalue weighted by Gasteiger charge is 2.21. The summed E-state index contributed by atoms with van der Waals surface area (Å²) in [5, 5.41) is 0. The molecule has 2 unspecified atom stereocenters. The molecule has 1 rings (SSSR count). The third-order valence-electron chi connectivity index (χ3n) is 4.18. The highest BCUT2D eigenvalue weighted by Crippen LogP contribution is 2.30. The molecule has 1 aliphatic heterocycles. The zero-order valence-corrected chi connectivity index (χ0v) is 13.7. The fourth-order valence-electron chi connectivity index (χ4n) is 2.88. The van der Waals surface area contributed by atoms with Gasteiger partial charge < -0.3 is 5.73 Å². The van der Waals surface area contributed by atoms with Gasteiger partial charge in [0.15, 0.2) is 0 Å². The molecule has 1 heterocycles. The van der Waals surface area contributed by atoms with Crippen molar-refractivity contribution < 1.29 is 0 Å². The van der Waals surface area contributed by atoms with Gasteiger partial charge in [0.1, 0.15) is 0 Å². The molecule has 19 heavy (non-hydrogen) atoms. The molecule has 0 amide bonds. The minimum absolute atomic E-state index is 0.356. The summed E-state index contributed by atoms with van der Waals surface area (Å²) in [5.41, 5.74) is 7.79. The van der Waals surface area contributed by atoms with E-state index in [2.05, 4.69) is 45.6 Å². The predicted octanol–water partition coefficient (Wildman–Crippen LogP) is 3.82. The molecule has 0 aromatic rings. The molecule has 2 heteroatoms. The van der Waals surface area contributed by atoms with E-state index in [1.54, 1.807) is 5.57 Å². The van der Waals surface area contributed by atoms with Crippen molar-refractivity contribution in [3.63, 3.8) is 0 Å². The first-order valence-corrected chi connectivity index (χ1v) is 7.96. The quantitative estimate of drug-likeness (QED) is 0.741. The van der Waals surface area contributed by atoms with Gasteiger partial charge in [0, 0.05) is 25.7 Å². The molecule has 2 N–H and O–H groups in total. The SMILES string of the molecule is CC(N)CCCC(C)CN1CC=C(C(C)(C)C)CC1. The molecule has 112 valence electrons. The highest BCUT2D eigenvalue weighted by molar-refractivity contribution is 5.14. The Kier molecular flexibility index (Phi) is 6.55. The number of nitrogens with zero attached hydrogens (tertiary/aromatic N) is 1. The molecule has 0 aromatic heterocycles. The summed E-state index contributed by atoms with van der Waals surface area (Å²) in [6, 6.07) is 0.361. The Balaban J connectivity index is 2.27. The van der Waals surface area contributed by atoms with Crippen LogP contribution in [-0.4, -0.2) is 30.6 Å². The maximum Gasteiger partial charge on any atom is 0.0166 e. The standard InChI is InChI=1S/C17H34N2/c1-14(7-6-8-15(2)18)13-19-11-9-16(10-12-19)17(3,4)5/h9,14-15H,6-8,10-13,18H2,1-5H3. The van der Waals surface area contributed by atoms with Crippen LogP contribution in [0, 0.1) is 11.3 Å². The molecule has 0 aliphatic carbocycles. The summed E-state index contributed by atoms with van der Waals surface area (Å²) < 4.78 is 0. The Morgan fingerprint density at radius 1 is 1.26 bits per heavy atom. The van der Waals surface area contributed by atoms with Gasteiger partial charge in [-0.1, -0.05) is 45.8 Å². The van der Waals surface area contributed by atoms with Gasteiger partial charge in [-0.3, -0.25) is 4.90 Å². The maximum atomic E-state index is 5.80. The number of hydrogen-bond donors (Lipinski definition) is 1. The zero-order chi connectivity index (χ0) is 14.5. The fraction of sp³-hybridized carbons (Fsp3) is 0.882. The normalized spacial score (nSPS) is 21.1. The molecule has 2 atom stereocenters. The van der Waals surface area contributed by atoms with Crippen LogP contribution < -0.4 is 5.73 Å². The third-order valence-corrected chi connectivity index (χ3v) is 4.18. The first kappa shape index (κ1) is 16.7. The second kappa shape index (κ2) is 7.44. The number of nitrogens with two attached hydrogens (primary N) is 1. The van der Waals surface area contributed by atoms with E-state index in [4.69, 9.17) is 5.73 Å². The van der Waals surface area contributed by atoms with Crippen LogP contribution in [0.1, 0.15) is 60.3 Å². The van der Waals surface area contributed by atoms with E-state index in [0.29, 0.717) is 11.5 Å². The van der Waals surface area contributed by atoms with Crippen LogP contribution in [-0.2, 0) is 0 Å². The summed E-state index contributed by atoms with van der Waals surface area (Å²) in [4.78, 5) is 2.60. The Morgan fingerprint density at radius 3 is 2.42 bits per heavy atom. The summed E-state index contributed by atoms with van der Waals surface area (Å²) in [7, 11) is 0. The van der Waals surface area contributed by atoms with Crippen LogP contribution in [0.15, 0.2) is 11.6 Å². The van der Waals surface area contributed by atoms with Crippen LogP contribution in [0.5, 0.6) is 0 Å². The molecule has 0 fully saturated rings. The van der Waals surface area contributed by atoms with Gasteiger partial charge in [0.25, 0.3) is 0 Å². The van der Waals surface area contributed by atoms with Crippen LogP contribution in [0.2, 0.25) is 0 Å². The van der Waals surface area contributed by atoms with Crippen molar-refractivity contribution in [2.75, 3.05) is 19.6 Å². The second-order valence-electron chi connectivity index (χ2n) is 7.50. The summed E-state index contributed by atoms with van der Waals surface area (Å²) in [6.07, 6.45) is 7.45. The van der Waals surface area contributed by atoms with Gasteiger partial charge in [-0.25, -0.2) is 0 Å². The van der Waals surface area contributed by atoms with Gasteiger partial charge in [-0.05, 0) is 37.5 Å². The number of hydrogen-bond acceptors (Lipinski definition) is 2. The van der Waals surface area contributed by atoms with Gasteiger partial charge in [0.2, 0.25) is 0 Å². The first-order valence-electron chi connectivity index (χ1n) is 7.96. The van der Waals surface area contributed by atoms with E-state index in [1.807, 2.05) is 0 Å². The van der Waals surface area contributed by atoms with E-state index >= 15 is 0 Å². The van der Waals surface area contributed by atoms with Crippen molar-refractivity contribution in [2.45, 2.75) is 66.3 Å². The van der Waals surface area contributed by atoms with E-state index in [-0.39, 0.29) is 0 Å². The minimum atomic E-state index is 0.356. The van der Waals surface area contributed by atoms with Gasteiger partial charge in [-0.2, -0.15) is 0 Å². The molecule has 0 saturated carbocycles. The Hall–Kier alpha value is -0.340. The average molecular weight is 266 g/mol. The van der Waals surface area contributed by atoms with Gasteiger partial charge in [0.05, 0.1) is 0 Å². The van der Waals surface area contributed by atoms with E-state index in [0.717, 1.165) is 12.5 Å². The lowest BCUT2D eigenvalue weighted by Gasteiger charge is -2.33. The van der Waals surface area contributed by atoms with Gasteiger partial charge >= 0.3 is 0 Å². The average Bonchev–Trinajstić information content (AvgIpc) is 2.27. The fourth-order valence-corrected chi connectivity index (χ4v) is 2.88. The molecule has 0 bridgehead atoms. The lowest BCUT2D eigenvalue weighted by Crippen LogP contribution is -2.34. The van der Waals surface area contributed by atoms with Gasteiger partial charge in [-0.15, -0.1) is 0 Å². The summed E-state index contributed by atoms with van der Waals surface area (Å²) in [6.45, 7) is 15.1.